The van der Waals surface area contributed by atoms with Crippen LogP contribution in [0.5, 0.6) is 0 Å². The number of aliphatic carboxylic acids is 1. The number of carboxylic acids is 1. The quantitative estimate of drug-likeness (QED) is 0.864. The number of sulfonamides is 1. The topological polar surface area (TPSA) is 74.7 Å². The van der Waals surface area contributed by atoms with Crippen molar-refractivity contribution in [3.05, 3.63) is 0 Å². The second-order valence-corrected chi connectivity index (χ2v) is 8.33. The fourth-order valence-corrected chi connectivity index (χ4v) is 5.80. The molecule has 0 spiro atoms. The van der Waals surface area contributed by atoms with Crippen molar-refractivity contribution in [2.24, 2.45) is 5.92 Å². The zero-order valence-corrected chi connectivity index (χ0v) is 13.0. The molecule has 1 aliphatic carbocycles. The van der Waals surface area contributed by atoms with Crippen molar-refractivity contribution in [1.82, 2.24) is 4.31 Å². The first kappa shape index (κ1) is 15.8. The average Bonchev–Trinajstić information content (AvgIpc) is 2.39. The Bertz CT molecular complexity index is 456. The van der Waals surface area contributed by atoms with Crippen LogP contribution in [0.4, 0.5) is 0 Å². The molecule has 0 bridgehead atoms. The molecule has 1 saturated heterocycles. The molecule has 1 N–H and O–H groups in total. The summed E-state index contributed by atoms with van der Waals surface area (Å²) in [7, 11) is -3.48. The number of piperidine rings is 1. The Hall–Kier alpha value is -0.620. The van der Waals surface area contributed by atoms with E-state index in [0.717, 1.165) is 38.5 Å². The first-order valence-electron chi connectivity index (χ1n) is 7.60. The molecule has 6 heteroatoms. The number of rotatable bonds is 4. The maximum absolute atomic E-state index is 12.6. The highest BCUT2D eigenvalue weighted by Gasteiger charge is 2.47. The molecule has 1 atom stereocenters. The minimum Gasteiger partial charge on any atom is -0.480 e. The van der Waals surface area contributed by atoms with Crippen molar-refractivity contribution < 1.29 is 18.3 Å². The van der Waals surface area contributed by atoms with Crippen LogP contribution in [0, 0.1) is 5.92 Å². The van der Waals surface area contributed by atoms with E-state index in [2.05, 4.69) is 0 Å². The molecule has 116 valence electrons. The zero-order valence-electron chi connectivity index (χ0n) is 12.2. The Balaban J connectivity index is 2.15. The Morgan fingerprint density at radius 2 is 1.85 bits per heavy atom. The summed E-state index contributed by atoms with van der Waals surface area (Å²) in [5.74, 6) is -0.700. The second kappa shape index (κ2) is 6.02. The summed E-state index contributed by atoms with van der Waals surface area (Å²) in [5, 5.41) is 9.43. The summed E-state index contributed by atoms with van der Waals surface area (Å²) < 4.78 is 26.5. The van der Waals surface area contributed by atoms with E-state index >= 15 is 0 Å². The lowest BCUT2D eigenvalue weighted by Gasteiger charge is -2.41. The lowest BCUT2D eigenvalue weighted by Crippen LogP contribution is -2.58. The summed E-state index contributed by atoms with van der Waals surface area (Å²) in [6.45, 7) is 1.89. The van der Waals surface area contributed by atoms with Gasteiger partial charge in [0, 0.05) is 6.54 Å². The van der Waals surface area contributed by atoms with Crippen molar-refractivity contribution >= 4 is 16.0 Å². The minimum atomic E-state index is -3.48. The van der Waals surface area contributed by atoms with Gasteiger partial charge in [-0.25, -0.2) is 8.42 Å². The van der Waals surface area contributed by atoms with Gasteiger partial charge in [0.15, 0.2) is 0 Å². The monoisotopic (exact) mass is 303 g/mol. The maximum atomic E-state index is 12.6. The van der Waals surface area contributed by atoms with Crippen LogP contribution in [0.25, 0.3) is 0 Å². The SMILES string of the molecule is CC1(C(=O)O)CCCCN1S(=O)(=O)CC1CCCCC1. The van der Waals surface area contributed by atoms with Crippen LogP contribution in [0.2, 0.25) is 0 Å². The number of nitrogens with zero attached hydrogens (tertiary/aromatic N) is 1. The van der Waals surface area contributed by atoms with E-state index in [1.165, 1.54) is 10.7 Å². The van der Waals surface area contributed by atoms with E-state index < -0.39 is 21.5 Å². The van der Waals surface area contributed by atoms with E-state index in [1.54, 1.807) is 6.92 Å². The molecule has 2 aliphatic rings. The van der Waals surface area contributed by atoms with Crippen molar-refractivity contribution in [2.75, 3.05) is 12.3 Å². The average molecular weight is 303 g/mol. The largest absolute Gasteiger partial charge is 0.480 e. The van der Waals surface area contributed by atoms with Gasteiger partial charge in [-0.1, -0.05) is 19.3 Å². The summed E-state index contributed by atoms with van der Waals surface area (Å²) in [4.78, 5) is 11.5. The van der Waals surface area contributed by atoms with Gasteiger partial charge in [-0.15, -0.1) is 0 Å². The summed E-state index contributed by atoms with van der Waals surface area (Å²) >= 11 is 0. The van der Waals surface area contributed by atoms with E-state index in [9.17, 15) is 18.3 Å². The molecule has 0 radical (unpaired) electrons. The van der Waals surface area contributed by atoms with Gasteiger partial charge in [-0.2, -0.15) is 4.31 Å². The summed E-state index contributed by atoms with van der Waals surface area (Å²) in [6.07, 6.45) is 7.23. The molecular formula is C14H25NO4S. The van der Waals surface area contributed by atoms with Crippen LogP contribution < -0.4 is 0 Å². The third-order valence-electron chi connectivity index (χ3n) is 4.79. The number of carbonyl (C=O) groups is 1. The van der Waals surface area contributed by atoms with Crippen molar-refractivity contribution in [2.45, 2.75) is 63.8 Å². The van der Waals surface area contributed by atoms with Gasteiger partial charge in [0.25, 0.3) is 0 Å². The zero-order chi connectivity index (χ0) is 14.8. The summed E-state index contributed by atoms with van der Waals surface area (Å²) in [5.41, 5.74) is -1.26. The lowest BCUT2D eigenvalue weighted by atomic mass is 9.91. The molecule has 5 nitrogen and oxygen atoms in total. The van der Waals surface area contributed by atoms with Crippen molar-refractivity contribution in [3.8, 4) is 0 Å². The molecule has 2 rings (SSSR count). The predicted octanol–water partition coefficient (Wildman–Crippen LogP) is 2.23. The highest BCUT2D eigenvalue weighted by atomic mass is 32.2. The molecule has 1 aliphatic heterocycles. The number of carboxylic acid groups (broad SMARTS) is 1. The van der Waals surface area contributed by atoms with Gasteiger partial charge in [0.2, 0.25) is 10.0 Å². The number of hydrogen-bond donors (Lipinski definition) is 1. The van der Waals surface area contributed by atoms with Crippen LogP contribution in [-0.2, 0) is 14.8 Å². The molecule has 0 aromatic carbocycles. The Labute approximate surface area is 121 Å². The fourth-order valence-electron chi connectivity index (χ4n) is 3.50. The van der Waals surface area contributed by atoms with E-state index in [0.29, 0.717) is 13.0 Å². The molecule has 1 saturated carbocycles. The molecule has 0 amide bonds. The highest BCUT2D eigenvalue weighted by molar-refractivity contribution is 7.89. The molecular weight excluding hydrogens is 278 g/mol. The van der Waals surface area contributed by atoms with Gasteiger partial charge >= 0.3 is 5.97 Å². The van der Waals surface area contributed by atoms with Gasteiger partial charge < -0.3 is 5.11 Å². The predicted molar refractivity (Wildman–Crippen MR) is 77.0 cm³/mol. The first-order chi connectivity index (χ1) is 9.36. The normalized spacial score (nSPS) is 30.2. The van der Waals surface area contributed by atoms with Gasteiger partial charge in [-0.3, -0.25) is 4.79 Å². The molecule has 2 fully saturated rings. The molecule has 20 heavy (non-hydrogen) atoms. The smallest absolute Gasteiger partial charge is 0.324 e. The number of hydrogen-bond acceptors (Lipinski definition) is 3. The highest BCUT2D eigenvalue weighted by Crippen LogP contribution is 2.33. The Kier molecular flexibility index (Phi) is 4.74. The van der Waals surface area contributed by atoms with Crippen LogP contribution in [0.3, 0.4) is 0 Å². The Morgan fingerprint density at radius 3 is 2.45 bits per heavy atom. The van der Waals surface area contributed by atoms with E-state index in [1.807, 2.05) is 0 Å². The van der Waals surface area contributed by atoms with Gasteiger partial charge in [-0.05, 0) is 44.9 Å². The minimum absolute atomic E-state index is 0.121. The van der Waals surface area contributed by atoms with Gasteiger partial charge in [0.05, 0.1) is 5.75 Å². The lowest BCUT2D eigenvalue weighted by molar-refractivity contribution is -0.149. The third-order valence-corrected chi connectivity index (χ3v) is 6.94. The van der Waals surface area contributed by atoms with E-state index in [-0.39, 0.29) is 11.7 Å². The van der Waals surface area contributed by atoms with Crippen molar-refractivity contribution in [3.63, 3.8) is 0 Å². The van der Waals surface area contributed by atoms with Crippen LogP contribution in [-0.4, -0.2) is 41.6 Å². The summed E-state index contributed by atoms with van der Waals surface area (Å²) in [6, 6.07) is 0. The van der Waals surface area contributed by atoms with Crippen molar-refractivity contribution in [1.29, 1.82) is 0 Å². The molecule has 0 aromatic heterocycles. The molecule has 1 heterocycles. The third kappa shape index (κ3) is 3.17. The molecule has 1 unspecified atom stereocenters. The van der Waals surface area contributed by atoms with Gasteiger partial charge in [0.1, 0.15) is 5.54 Å². The van der Waals surface area contributed by atoms with Crippen LogP contribution in [0.1, 0.15) is 58.3 Å². The van der Waals surface area contributed by atoms with Crippen LogP contribution in [0.15, 0.2) is 0 Å². The fraction of sp³-hybridized carbons (Fsp3) is 0.929. The van der Waals surface area contributed by atoms with Crippen LogP contribution >= 0.6 is 0 Å². The Morgan fingerprint density at radius 1 is 1.20 bits per heavy atom. The maximum Gasteiger partial charge on any atom is 0.324 e. The second-order valence-electron chi connectivity index (χ2n) is 6.39. The van der Waals surface area contributed by atoms with E-state index in [4.69, 9.17) is 0 Å². The standard InChI is InChI=1S/C14H25NO4S/c1-14(13(16)17)9-5-6-10-15(14)20(18,19)11-12-7-3-2-4-8-12/h12H,2-11H2,1H3,(H,16,17). The molecule has 0 aromatic rings. The first-order valence-corrected chi connectivity index (χ1v) is 9.21.